The van der Waals surface area contributed by atoms with Gasteiger partial charge < -0.3 is 15.0 Å². The maximum absolute atomic E-state index is 9.50. The van der Waals surface area contributed by atoms with Crippen LogP contribution in [0, 0.1) is 0 Å². The number of hydrogen-bond acceptors (Lipinski definition) is 3. The minimum absolute atomic E-state index is 0.0716. The third kappa shape index (κ3) is 4.18. The molecule has 2 aromatic rings. The molecule has 0 fully saturated rings. The Morgan fingerprint density at radius 2 is 2.10 bits per heavy atom. The van der Waals surface area contributed by atoms with Crippen molar-refractivity contribution >= 4 is 0 Å². The van der Waals surface area contributed by atoms with Crippen LogP contribution in [0.15, 0.2) is 42.9 Å². The molecule has 0 aliphatic carbocycles. The summed E-state index contributed by atoms with van der Waals surface area (Å²) in [5.41, 5.74) is 2.40. The molecule has 0 radical (unpaired) electrons. The van der Waals surface area contributed by atoms with Crippen LogP contribution in [0.4, 0.5) is 0 Å². The lowest BCUT2D eigenvalue weighted by Gasteiger charge is -2.17. The van der Waals surface area contributed by atoms with Crippen molar-refractivity contribution in [2.45, 2.75) is 38.9 Å². The van der Waals surface area contributed by atoms with Gasteiger partial charge in [-0.1, -0.05) is 37.3 Å². The van der Waals surface area contributed by atoms with E-state index in [9.17, 15) is 5.11 Å². The number of benzene rings is 1. The minimum Gasteiger partial charge on any atom is -0.395 e. The molecule has 0 unspecified atom stereocenters. The smallest absolute Gasteiger partial charge is 0.0948 e. The average molecular weight is 273 g/mol. The highest BCUT2D eigenvalue weighted by Crippen LogP contribution is 2.05. The van der Waals surface area contributed by atoms with Gasteiger partial charge in [0.15, 0.2) is 0 Å². The zero-order valence-electron chi connectivity index (χ0n) is 12.0. The average Bonchev–Trinajstić information content (AvgIpc) is 2.92. The van der Waals surface area contributed by atoms with Gasteiger partial charge in [-0.25, -0.2) is 4.98 Å². The molecular weight excluding hydrogens is 250 g/mol. The fraction of sp³-hybridized carbons (Fsp3) is 0.438. The van der Waals surface area contributed by atoms with Crippen molar-refractivity contribution in [3.63, 3.8) is 0 Å². The van der Waals surface area contributed by atoms with Gasteiger partial charge in [-0.2, -0.15) is 0 Å². The van der Waals surface area contributed by atoms with Gasteiger partial charge in [0.2, 0.25) is 0 Å². The quantitative estimate of drug-likeness (QED) is 0.773. The van der Waals surface area contributed by atoms with E-state index in [1.165, 1.54) is 11.3 Å². The Hall–Kier alpha value is -1.65. The molecule has 2 rings (SSSR count). The number of aromatic nitrogens is 2. The van der Waals surface area contributed by atoms with Gasteiger partial charge in [0.1, 0.15) is 0 Å². The molecule has 1 aromatic carbocycles. The molecule has 4 nitrogen and oxygen atoms in total. The lowest BCUT2D eigenvalue weighted by atomic mass is 10.1. The predicted octanol–water partition coefficient (Wildman–Crippen LogP) is 1.99. The first-order valence-corrected chi connectivity index (χ1v) is 7.20. The number of aliphatic hydroxyl groups excluding tert-OH is 1. The highest BCUT2D eigenvalue weighted by molar-refractivity contribution is 5.16. The third-order valence-corrected chi connectivity index (χ3v) is 3.38. The van der Waals surface area contributed by atoms with Crippen LogP contribution in [0.3, 0.4) is 0 Å². The second-order valence-electron chi connectivity index (χ2n) is 5.03. The first-order chi connectivity index (χ1) is 9.83. The second kappa shape index (κ2) is 7.82. The Labute approximate surface area is 120 Å². The number of rotatable bonds is 8. The first kappa shape index (κ1) is 14.8. The Bertz CT molecular complexity index is 495. The van der Waals surface area contributed by atoms with E-state index in [0.29, 0.717) is 0 Å². The van der Waals surface area contributed by atoms with E-state index >= 15 is 0 Å². The Morgan fingerprint density at radius 1 is 1.30 bits per heavy atom. The van der Waals surface area contributed by atoms with Crippen molar-refractivity contribution in [2.24, 2.45) is 0 Å². The summed E-state index contributed by atoms with van der Waals surface area (Å²) >= 11 is 0. The van der Waals surface area contributed by atoms with E-state index in [2.05, 4.69) is 33.9 Å². The number of imidazole rings is 1. The molecule has 108 valence electrons. The molecule has 2 N–H and O–H groups in total. The van der Waals surface area contributed by atoms with E-state index in [-0.39, 0.29) is 12.6 Å². The highest BCUT2D eigenvalue weighted by atomic mass is 16.3. The van der Waals surface area contributed by atoms with Crippen molar-refractivity contribution in [3.8, 4) is 0 Å². The fourth-order valence-corrected chi connectivity index (χ4v) is 2.29. The Morgan fingerprint density at radius 3 is 2.80 bits per heavy atom. The topological polar surface area (TPSA) is 50.1 Å². The number of nitrogens with one attached hydrogen (secondary N) is 1. The normalized spacial score (nSPS) is 12.5. The molecule has 1 atom stereocenters. The summed E-state index contributed by atoms with van der Waals surface area (Å²) in [7, 11) is 0. The summed E-state index contributed by atoms with van der Waals surface area (Å²) in [6.07, 6.45) is 5.68. The van der Waals surface area contributed by atoms with E-state index in [1.807, 2.05) is 30.7 Å². The zero-order chi connectivity index (χ0) is 14.2. The van der Waals surface area contributed by atoms with Crippen LogP contribution in [0.1, 0.15) is 24.6 Å². The van der Waals surface area contributed by atoms with Crippen LogP contribution >= 0.6 is 0 Å². The fourth-order valence-electron chi connectivity index (χ4n) is 2.29. The standard InChI is InChI=1S/C16H23N3O/c1-2-8-19-13-17-10-16(19)11-18-15(12-20)9-14-6-4-3-5-7-14/h3-7,10,13,15,18,20H,2,8-9,11-12H2,1H3/t15-/m0/s1. The van der Waals surface area contributed by atoms with Gasteiger partial charge in [0.25, 0.3) is 0 Å². The second-order valence-corrected chi connectivity index (χ2v) is 5.03. The monoisotopic (exact) mass is 273 g/mol. The van der Waals surface area contributed by atoms with Crippen LogP contribution in [-0.2, 0) is 19.5 Å². The molecule has 20 heavy (non-hydrogen) atoms. The van der Waals surface area contributed by atoms with Gasteiger partial charge in [0.05, 0.1) is 18.6 Å². The third-order valence-electron chi connectivity index (χ3n) is 3.38. The van der Waals surface area contributed by atoms with Crippen LogP contribution in [0.5, 0.6) is 0 Å². The van der Waals surface area contributed by atoms with Crippen molar-refractivity contribution in [1.29, 1.82) is 0 Å². The van der Waals surface area contributed by atoms with Crippen LogP contribution in [-0.4, -0.2) is 27.3 Å². The number of nitrogens with zero attached hydrogens (tertiary/aromatic N) is 2. The van der Waals surface area contributed by atoms with Gasteiger partial charge in [-0.15, -0.1) is 0 Å². The molecule has 0 saturated heterocycles. The van der Waals surface area contributed by atoms with Crippen molar-refractivity contribution < 1.29 is 5.11 Å². The molecule has 4 heteroatoms. The van der Waals surface area contributed by atoms with Gasteiger partial charge in [-0.05, 0) is 18.4 Å². The maximum Gasteiger partial charge on any atom is 0.0948 e. The summed E-state index contributed by atoms with van der Waals surface area (Å²) in [4.78, 5) is 4.19. The molecular formula is C16H23N3O. The molecule has 1 heterocycles. The summed E-state index contributed by atoms with van der Waals surface area (Å²) in [5, 5.41) is 12.9. The van der Waals surface area contributed by atoms with E-state index < -0.39 is 0 Å². The number of aryl methyl sites for hydroxylation is 1. The summed E-state index contributed by atoms with van der Waals surface area (Å²) in [5.74, 6) is 0. The van der Waals surface area contributed by atoms with E-state index in [4.69, 9.17) is 0 Å². The molecule has 0 amide bonds. The van der Waals surface area contributed by atoms with E-state index in [1.54, 1.807) is 0 Å². The zero-order valence-corrected chi connectivity index (χ0v) is 12.0. The van der Waals surface area contributed by atoms with Crippen LogP contribution in [0.25, 0.3) is 0 Å². The molecule has 0 aliphatic rings. The lowest BCUT2D eigenvalue weighted by molar-refractivity contribution is 0.240. The Balaban J connectivity index is 1.89. The molecule has 1 aromatic heterocycles. The van der Waals surface area contributed by atoms with Crippen molar-refractivity contribution in [2.75, 3.05) is 6.61 Å². The number of aliphatic hydroxyl groups is 1. The SMILES string of the molecule is CCCn1cncc1CN[C@H](CO)Cc1ccccc1. The van der Waals surface area contributed by atoms with Crippen molar-refractivity contribution in [1.82, 2.24) is 14.9 Å². The van der Waals surface area contributed by atoms with Crippen LogP contribution < -0.4 is 5.32 Å². The van der Waals surface area contributed by atoms with Gasteiger partial charge in [-0.3, -0.25) is 0 Å². The molecule has 0 aliphatic heterocycles. The van der Waals surface area contributed by atoms with E-state index in [0.717, 1.165) is 25.9 Å². The Kier molecular flexibility index (Phi) is 5.77. The number of hydrogen-bond donors (Lipinski definition) is 2. The first-order valence-electron chi connectivity index (χ1n) is 7.20. The minimum atomic E-state index is 0.0716. The van der Waals surface area contributed by atoms with Gasteiger partial charge in [0, 0.05) is 25.3 Å². The predicted molar refractivity (Wildman–Crippen MR) is 80.4 cm³/mol. The molecule has 0 saturated carbocycles. The molecule has 0 bridgehead atoms. The largest absolute Gasteiger partial charge is 0.395 e. The maximum atomic E-state index is 9.50. The summed E-state index contributed by atoms with van der Waals surface area (Å²) in [6.45, 7) is 4.01. The van der Waals surface area contributed by atoms with Gasteiger partial charge >= 0.3 is 0 Å². The van der Waals surface area contributed by atoms with Crippen LogP contribution in [0.2, 0.25) is 0 Å². The summed E-state index contributed by atoms with van der Waals surface area (Å²) in [6, 6.07) is 10.3. The summed E-state index contributed by atoms with van der Waals surface area (Å²) < 4.78 is 2.16. The highest BCUT2D eigenvalue weighted by Gasteiger charge is 2.09. The molecule has 0 spiro atoms. The lowest BCUT2D eigenvalue weighted by Crippen LogP contribution is -2.34. The van der Waals surface area contributed by atoms with Crippen molar-refractivity contribution in [3.05, 3.63) is 54.1 Å².